The molecule has 1 aromatic heterocycles. The van der Waals surface area contributed by atoms with E-state index in [1.54, 1.807) is 0 Å². The molecule has 0 amide bonds. The van der Waals surface area contributed by atoms with Crippen LogP contribution >= 0.6 is 11.6 Å². The Kier molecular flexibility index (Phi) is 5.03. The lowest BCUT2D eigenvalue weighted by molar-refractivity contribution is -0.178. The quantitative estimate of drug-likeness (QED) is 0.341. The lowest BCUT2D eigenvalue weighted by atomic mass is 9.74. The number of hydrogen-bond donors (Lipinski definition) is 0. The molecule has 0 spiro atoms. The van der Waals surface area contributed by atoms with Crippen molar-refractivity contribution in [3.63, 3.8) is 0 Å². The van der Waals surface area contributed by atoms with Gasteiger partial charge in [0.2, 0.25) is 0 Å². The second-order valence-electron chi connectivity index (χ2n) is 9.15. The Bertz CT molecular complexity index is 1380. The van der Waals surface area contributed by atoms with Gasteiger partial charge in [0.15, 0.2) is 0 Å². The molecule has 0 unspecified atom stereocenters. The van der Waals surface area contributed by atoms with Crippen LogP contribution < -0.4 is 0 Å². The highest BCUT2D eigenvalue weighted by Crippen LogP contribution is 2.62. The van der Waals surface area contributed by atoms with Crippen LogP contribution in [0.4, 0.5) is 0 Å². The third kappa shape index (κ3) is 2.97. The summed E-state index contributed by atoms with van der Waals surface area (Å²) in [7, 11) is 1.46. The van der Waals surface area contributed by atoms with E-state index >= 15 is 0 Å². The number of fused-ring (bicyclic) bond motifs is 5. The summed E-state index contributed by atoms with van der Waals surface area (Å²) in [4.78, 5) is 20.4. The number of carbonyl (C=O) groups is 1. The Morgan fingerprint density at radius 2 is 1.76 bits per heavy atom. The molecular weight excluding hydrogens is 448 g/mol. The Hall–Kier alpha value is -3.12. The zero-order chi connectivity index (χ0) is 23.4. The van der Waals surface area contributed by atoms with Crippen molar-refractivity contribution >= 4 is 28.5 Å². The van der Waals surface area contributed by atoms with Gasteiger partial charge in [0.25, 0.3) is 0 Å². The van der Waals surface area contributed by atoms with Crippen molar-refractivity contribution in [3.05, 3.63) is 106 Å². The molecule has 6 heteroatoms. The average molecular weight is 473 g/mol. The van der Waals surface area contributed by atoms with Gasteiger partial charge in [-0.1, -0.05) is 72.3 Å². The van der Waals surface area contributed by atoms with Crippen molar-refractivity contribution in [2.75, 3.05) is 7.11 Å². The van der Waals surface area contributed by atoms with Gasteiger partial charge in [0.05, 0.1) is 13.2 Å². The molecule has 34 heavy (non-hydrogen) atoms. The number of hydroxylamine groups is 2. The second kappa shape index (κ2) is 7.98. The monoisotopic (exact) mass is 472 g/mol. The fourth-order valence-corrected chi connectivity index (χ4v) is 6.01. The van der Waals surface area contributed by atoms with E-state index < -0.39 is 11.5 Å². The summed E-state index contributed by atoms with van der Waals surface area (Å²) in [5.41, 5.74) is 4.50. The minimum absolute atomic E-state index is 0.264. The zero-order valence-corrected chi connectivity index (χ0v) is 19.8. The molecule has 0 radical (unpaired) electrons. The number of benzene rings is 3. The van der Waals surface area contributed by atoms with Gasteiger partial charge >= 0.3 is 5.97 Å². The van der Waals surface area contributed by atoms with E-state index in [0.717, 1.165) is 22.3 Å². The maximum atomic E-state index is 13.7. The molecule has 0 saturated carbocycles. The summed E-state index contributed by atoms with van der Waals surface area (Å²) in [6.45, 7) is 3.17. The molecule has 4 aromatic rings. The van der Waals surface area contributed by atoms with Crippen LogP contribution in [0, 0.1) is 12.3 Å². The maximum absolute atomic E-state index is 13.7. The Balaban J connectivity index is 1.57. The number of hydrogen-bond acceptors (Lipinski definition) is 4. The number of carbonyl (C=O) groups excluding carboxylic acids is 1. The molecule has 2 aliphatic rings. The molecule has 1 fully saturated rings. The van der Waals surface area contributed by atoms with Gasteiger partial charge in [0, 0.05) is 34.7 Å². The van der Waals surface area contributed by atoms with Crippen LogP contribution in [-0.2, 0) is 27.5 Å². The first-order valence-corrected chi connectivity index (χ1v) is 11.8. The Morgan fingerprint density at radius 1 is 1.06 bits per heavy atom. The first kappa shape index (κ1) is 21.4. The molecule has 3 atom stereocenters. The van der Waals surface area contributed by atoms with E-state index in [1.807, 2.05) is 53.6 Å². The van der Waals surface area contributed by atoms with Crippen LogP contribution in [0.25, 0.3) is 10.9 Å². The molecule has 0 bridgehead atoms. The lowest BCUT2D eigenvalue weighted by Gasteiger charge is -2.30. The number of ether oxygens (including phenoxy) is 1. The van der Waals surface area contributed by atoms with E-state index in [2.05, 4.69) is 41.8 Å². The minimum Gasteiger partial charge on any atom is -0.468 e. The van der Waals surface area contributed by atoms with E-state index in [-0.39, 0.29) is 12.0 Å². The fraction of sp³-hybridized carbons (Fsp3) is 0.250. The SMILES string of the molecule is COC(=O)[C@@]12Cn3c(c(C)c4ccccc43)[C@@H]1N(Cc1ccccc1)O[C@@H]2c1ccc(Cl)cc1. The number of methoxy groups -OCH3 is 1. The first-order valence-electron chi connectivity index (χ1n) is 11.4. The average Bonchev–Trinajstić information content (AvgIpc) is 3.46. The molecule has 6 rings (SSSR count). The molecule has 2 aliphatic heterocycles. The normalized spacial score (nSPS) is 23.7. The van der Waals surface area contributed by atoms with Crippen LogP contribution in [0.2, 0.25) is 5.02 Å². The van der Waals surface area contributed by atoms with Crippen LogP contribution in [0.3, 0.4) is 0 Å². The van der Waals surface area contributed by atoms with Gasteiger partial charge in [-0.15, -0.1) is 0 Å². The van der Waals surface area contributed by atoms with E-state index in [9.17, 15) is 4.79 Å². The Morgan fingerprint density at radius 3 is 2.50 bits per heavy atom. The maximum Gasteiger partial charge on any atom is 0.318 e. The van der Waals surface area contributed by atoms with E-state index in [0.29, 0.717) is 18.1 Å². The highest BCUT2D eigenvalue weighted by atomic mass is 35.5. The number of para-hydroxylation sites is 1. The largest absolute Gasteiger partial charge is 0.468 e. The number of halogens is 1. The molecule has 5 nitrogen and oxygen atoms in total. The van der Waals surface area contributed by atoms with Crippen molar-refractivity contribution < 1.29 is 14.4 Å². The van der Waals surface area contributed by atoms with Crippen LogP contribution in [0.5, 0.6) is 0 Å². The summed E-state index contributed by atoms with van der Waals surface area (Å²) in [5, 5.41) is 3.83. The van der Waals surface area contributed by atoms with Crippen molar-refractivity contribution in [1.82, 2.24) is 9.63 Å². The van der Waals surface area contributed by atoms with Crippen molar-refractivity contribution in [2.45, 2.75) is 32.2 Å². The third-order valence-corrected chi connectivity index (χ3v) is 7.61. The van der Waals surface area contributed by atoms with Crippen molar-refractivity contribution in [3.8, 4) is 0 Å². The highest BCUT2D eigenvalue weighted by molar-refractivity contribution is 6.30. The van der Waals surface area contributed by atoms with Crippen LogP contribution in [0.15, 0.2) is 78.9 Å². The number of esters is 1. The van der Waals surface area contributed by atoms with Crippen molar-refractivity contribution in [2.24, 2.45) is 5.41 Å². The highest BCUT2D eigenvalue weighted by Gasteiger charge is 2.67. The molecule has 172 valence electrons. The predicted octanol–water partition coefficient (Wildman–Crippen LogP) is 6.01. The molecule has 0 aliphatic carbocycles. The smallest absolute Gasteiger partial charge is 0.318 e. The number of aryl methyl sites for hydroxylation is 1. The van der Waals surface area contributed by atoms with Crippen molar-refractivity contribution in [1.29, 1.82) is 0 Å². The molecule has 1 saturated heterocycles. The molecule has 3 aromatic carbocycles. The summed E-state index contributed by atoms with van der Waals surface area (Å²) in [6, 6.07) is 25.8. The number of nitrogens with zero attached hydrogens (tertiary/aromatic N) is 2. The topological polar surface area (TPSA) is 43.7 Å². The first-order chi connectivity index (χ1) is 16.5. The van der Waals surface area contributed by atoms with Gasteiger partial charge in [-0.3, -0.25) is 9.63 Å². The van der Waals surface area contributed by atoms with Crippen LogP contribution in [0.1, 0.15) is 34.5 Å². The number of rotatable bonds is 4. The van der Waals surface area contributed by atoms with E-state index in [1.165, 1.54) is 18.1 Å². The van der Waals surface area contributed by atoms with Gasteiger partial charge in [-0.25, -0.2) is 0 Å². The van der Waals surface area contributed by atoms with Gasteiger partial charge in [0.1, 0.15) is 11.5 Å². The molecular formula is C28H25ClN2O3. The van der Waals surface area contributed by atoms with Gasteiger partial charge < -0.3 is 9.30 Å². The fourth-order valence-electron chi connectivity index (χ4n) is 5.88. The third-order valence-electron chi connectivity index (χ3n) is 7.36. The predicted molar refractivity (Wildman–Crippen MR) is 131 cm³/mol. The minimum atomic E-state index is -0.929. The summed E-state index contributed by atoms with van der Waals surface area (Å²) < 4.78 is 7.77. The zero-order valence-electron chi connectivity index (χ0n) is 19.1. The Labute approximate surface area is 203 Å². The summed E-state index contributed by atoms with van der Waals surface area (Å²) in [5.74, 6) is -0.264. The number of aromatic nitrogens is 1. The van der Waals surface area contributed by atoms with Crippen LogP contribution in [-0.4, -0.2) is 22.7 Å². The summed E-state index contributed by atoms with van der Waals surface area (Å²) >= 11 is 6.18. The molecule has 0 N–H and O–H groups in total. The second-order valence-corrected chi connectivity index (χ2v) is 9.58. The van der Waals surface area contributed by atoms with E-state index in [4.69, 9.17) is 21.2 Å². The molecule has 3 heterocycles. The lowest BCUT2D eigenvalue weighted by Crippen LogP contribution is -2.40. The van der Waals surface area contributed by atoms with Gasteiger partial charge in [-0.2, -0.15) is 5.06 Å². The standard InChI is InChI=1S/C28H25ClN2O3/c1-18-22-10-6-7-11-23(22)30-17-28(27(32)33-2)25(24(18)30)31(16-19-8-4-3-5-9-19)34-26(28)20-12-14-21(29)15-13-20/h3-15,25-26H,16-17H2,1-2H3/t25-,26+,28-/m0/s1. The van der Waals surface area contributed by atoms with Gasteiger partial charge in [-0.05, 0) is 41.8 Å². The summed E-state index contributed by atoms with van der Waals surface area (Å²) in [6.07, 6.45) is -0.510.